The van der Waals surface area contributed by atoms with E-state index in [1.165, 1.54) is 13.0 Å². The van der Waals surface area contributed by atoms with E-state index in [9.17, 15) is 27.6 Å². The zero-order valence-corrected chi connectivity index (χ0v) is 14.8. The molecule has 0 radical (unpaired) electrons. The lowest BCUT2D eigenvalue weighted by Crippen LogP contribution is -2.49. The second kappa shape index (κ2) is 8.07. The van der Waals surface area contributed by atoms with Gasteiger partial charge in [0.25, 0.3) is 0 Å². The number of amides is 4. The predicted octanol–water partition coefficient (Wildman–Crippen LogP) is 2.70. The third kappa shape index (κ3) is 7.41. The number of anilines is 2. The fraction of sp³-hybridized carbons (Fsp3) is 0.438. The molecule has 0 bridgehead atoms. The molecule has 1 aromatic carbocycles. The fourth-order valence-corrected chi connectivity index (χ4v) is 1.93. The number of benzene rings is 1. The topological polar surface area (TPSA) is 99.3 Å². The highest BCUT2D eigenvalue weighted by atomic mass is 19.4. The molecular formula is C16H21F3N4O3. The van der Waals surface area contributed by atoms with E-state index in [1.807, 2.05) is 5.32 Å². The molecule has 144 valence electrons. The summed E-state index contributed by atoms with van der Waals surface area (Å²) >= 11 is 0. The molecule has 0 saturated carbocycles. The van der Waals surface area contributed by atoms with Crippen LogP contribution in [0, 0.1) is 0 Å². The Bertz CT molecular complexity index is 697. The Labute approximate surface area is 148 Å². The van der Waals surface area contributed by atoms with Crippen LogP contribution in [0.1, 0.15) is 33.3 Å². The maximum absolute atomic E-state index is 13.2. The number of imide groups is 1. The van der Waals surface area contributed by atoms with Crippen LogP contribution in [0.3, 0.4) is 0 Å². The standard InChI is InChI=1S/C16H21F3N4O3/c1-9(24)21-10-5-6-12(11(7-10)16(17,18)19)20-8-13(25)22-14(26)23-15(2,3)4/h5-7,20H,8H2,1-4H3,(H,21,24)(H2,22,23,25,26). The Balaban J connectivity index is 2.81. The fourth-order valence-electron chi connectivity index (χ4n) is 1.93. The number of carbonyl (C=O) groups excluding carboxylic acids is 3. The summed E-state index contributed by atoms with van der Waals surface area (Å²) in [5.41, 5.74) is -1.99. The number of halogens is 3. The van der Waals surface area contributed by atoms with Gasteiger partial charge in [-0.2, -0.15) is 13.2 Å². The van der Waals surface area contributed by atoms with Crippen molar-refractivity contribution in [1.82, 2.24) is 10.6 Å². The molecule has 1 rings (SSSR count). The number of rotatable bonds is 4. The van der Waals surface area contributed by atoms with Crippen LogP contribution in [-0.2, 0) is 15.8 Å². The molecule has 4 amide bonds. The van der Waals surface area contributed by atoms with Crippen LogP contribution in [0.15, 0.2) is 18.2 Å². The average molecular weight is 374 g/mol. The summed E-state index contributed by atoms with van der Waals surface area (Å²) < 4.78 is 39.5. The number of nitrogens with one attached hydrogen (secondary N) is 4. The zero-order chi connectivity index (χ0) is 20.1. The first kappa shape index (κ1) is 21.3. The number of hydrogen-bond acceptors (Lipinski definition) is 4. The summed E-state index contributed by atoms with van der Waals surface area (Å²) in [6.07, 6.45) is -4.70. The minimum atomic E-state index is -4.70. The number of carbonyl (C=O) groups is 3. The number of urea groups is 1. The maximum atomic E-state index is 13.2. The van der Waals surface area contributed by atoms with Crippen LogP contribution in [0.2, 0.25) is 0 Å². The molecule has 0 unspecified atom stereocenters. The summed E-state index contributed by atoms with van der Waals surface area (Å²) in [5, 5.41) is 9.11. The van der Waals surface area contributed by atoms with Crippen molar-refractivity contribution in [2.24, 2.45) is 0 Å². The van der Waals surface area contributed by atoms with Crippen LogP contribution in [0.25, 0.3) is 0 Å². The van der Waals surface area contributed by atoms with Crippen molar-refractivity contribution in [2.45, 2.75) is 39.4 Å². The minimum absolute atomic E-state index is 0.0237. The monoisotopic (exact) mass is 374 g/mol. The molecule has 0 aliphatic carbocycles. The van der Waals surface area contributed by atoms with E-state index < -0.39 is 41.7 Å². The third-order valence-electron chi connectivity index (χ3n) is 2.83. The molecule has 1 aromatic rings. The molecule has 0 spiro atoms. The van der Waals surface area contributed by atoms with Crippen molar-refractivity contribution < 1.29 is 27.6 Å². The quantitative estimate of drug-likeness (QED) is 0.651. The van der Waals surface area contributed by atoms with E-state index in [0.717, 1.165) is 12.1 Å². The van der Waals surface area contributed by atoms with E-state index >= 15 is 0 Å². The molecule has 10 heteroatoms. The van der Waals surface area contributed by atoms with Gasteiger partial charge in [-0.3, -0.25) is 14.9 Å². The van der Waals surface area contributed by atoms with Crippen molar-refractivity contribution in [3.05, 3.63) is 23.8 Å². The highest BCUT2D eigenvalue weighted by Crippen LogP contribution is 2.36. The normalized spacial score (nSPS) is 11.5. The molecule has 0 aliphatic rings. The predicted molar refractivity (Wildman–Crippen MR) is 90.7 cm³/mol. The SMILES string of the molecule is CC(=O)Nc1ccc(NCC(=O)NC(=O)NC(C)(C)C)c(C(F)(F)F)c1. The van der Waals surface area contributed by atoms with Gasteiger partial charge in [-0.05, 0) is 39.0 Å². The molecule has 0 fully saturated rings. The van der Waals surface area contributed by atoms with Gasteiger partial charge in [0.1, 0.15) is 0 Å². The highest BCUT2D eigenvalue weighted by molar-refractivity contribution is 5.96. The second-order valence-corrected chi connectivity index (χ2v) is 6.55. The molecule has 26 heavy (non-hydrogen) atoms. The van der Waals surface area contributed by atoms with Gasteiger partial charge in [0.2, 0.25) is 11.8 Å². The largest absolute Gasteiger partial charge is 0.418 e. The summed E-state index contributed by atoms with van der Waals surface area (Å²) in [6.45, 7) is 5.76. The van der Waals surface area contributed by atoms with Crippen LogP contribution in [-0.4, -0.2) is 29.9 Å². The lowest BCUT2D eigenvalue weighted by Gasteiger charge is -2.20. The van der Waals surface area contributed by atoms with E-state index in [-0.39, 0.29) is 11.4 Å². The van der Waals surface area contributed by atoms with Gasteiger partial charge in [0.05, 0.1) is 12.1 Å². The lowest BCUT2D eigenvalue weighted by atomic mass is 10.1. The zero-order valence-electron chi connectivity index (χ0n) is 14.8. The summed E-state index contributed by atoms with van der Waals surface area (Å²) in [5.74, 6) is -1.31. The van der Waals surface area contributed by atoms with E-state index in [1.54, 1.807) is 20.8 Å². The molecule has 4 N–H and O–H groups in total. The molecule has 0 saturated heterocycles. The van der Waals surface area contributed by atoms with E-state index in [4.69, 9.17) is 0 Å². The Kier molecular flexibility index (Phi) is 6.60. The molecule has 0 aliphatic heterocycles. The van der Waals surface area contributed by atoms with Gasteiger partial charge >= 0.3 is 12.2 Å². The van der Waals surface area contributed by atoms with Gasteiger partial charge in [-0.15, -0.1) is 0 Å². The van der Waals surface area contributed by atoms with Crippen LogP contribution < -0.4 is 21.3 Å². The summed E-state index contributed by atoms with van der Waals surface area (Å²) in [7, 11) is 0. The lowest BCUT2D eigenvalue weighted by molar-refractivity contribution is -0.137. The van der Waals surface area contributed by atoms with Crippen LogP contribution >= 0.6 is 0 Å². The van der Waals surface area contributed by atoms with Crippen molar-refractivity contribution >= 4 is 29.2 Å². The van der Waals surface area contributed by atoms with E-state index in [2.05, 4.69) is 16.0 Å². The van der Waals surface area contributed by atoms with Crippen LogP contribution in [0.5, 0.6) is 0 Å². The summed E-state index contributed by atoms with van der Waals surface area (Å²) in [6, 6.07) is 2.37. The minimum Gasteiger partial charge on any atom is -0.376 e. The smallest absolute Gasteiger partial charge is 0.376 e. The molecular weight excluding hydrogens is 353 g/mol. The van der Waals surface area contributed by atoms with Crippen molar-refractivity contribution in [1.29, 1.82) is 0 Å². The maximum Gasteiger partial charge on any atom is 0.418 e. The van der Waals surface area contributed by atoms with Crippen LogP contribution in [0.4, 0.5) is 29.3 Å². The average Bonchev–Trinajstić information content (AvgIpc) is 2.42. The number of alkyl halides is 3. The Morgan fingerprint density at radius 3 is 2.19 bits per heavy atom. The van der Waals surface area contributed by atoms with Gasteiger partial charge < -0.3 is 16.0 Å². The second-order valence-electron chi connectivity index (χ2n) is 6.55. The Morgan fingerprint density at radius 2 is 1.69 bits per heavy atom. The molecule has 0 aromatic heterocycles. The first-order valence-corrected chi connectivity index (χ1v) is 7.62. The highest BCUT2D eigenvalue weighted by Gasteiger charge is 2.34. The molecule has 7 nitrogen and oxygen atoms in total. The first-order chi connectivity index (χ1) is 11.8. The third-order valence-corrected chi connectivity index (χ3v) is 2.83. The molecule has 0 heterocycles. The van der Waals surface area contributed by atoms with Gasteiger partial charge in [-0.1, -0.05) is 0 Å². The number of hydrogen-bond donors (Lipinski definition) is 4. The Morgan fingerprint density at radius 1 is 1.08 bits per heavy atom. The Hall–Kier alpha value is -2.78. The molecule has 0 atom stereocenters. The summed E-state index contributed by atoms with van der Waals surface area (Å²) in [4.78, 5) is 34.3. The van der Waals surface area contributed by atoms with Crippen molar-refractivity contribution in [3.63, 3.8) is 0 Å². The van der Waals surface area contributed by atoms with Gasteiger partial charge in [0, 0.05) is 23.8 Å². The van der Waals surface area contributed by atoms with Gasteiger partial charge in [0.15, 0.2) is 0 Å². The van der Waals surface area contributed by atoms with Crippen molar-refractivity contribution in [3.8, 4) is 0 Å². The first-order valence-electron chi connectivity index (χ1n) is 7.62. The van der Waals surface area contributed by atoms with Crippen molar-refractivity contribution in [2.75, 3.05) is 17.2 Å². The van der Waals surface area contributed by atoms with Gasteiger partial charge in [-0.25, -0.2) is 4.79 Å². The van der Waals surface area contributed by atoms with E-state index in [0.29, 0.717) is 0 Å².